The molecular weight excluding hydrogens is 484 g/mol. The molecule has 0 spiro atoms. The number of hydrogen-bond donors (Lipinski definition) is 3. The number of imide groups is 1. The number of carboxylic acids is 1. The maximum absolute atomic E-state index is 13.2. The topological polar surface area (TPSA) is 120 Å². The lowest BCUT2D eigenvalue weighted by atomic mass is 9.68. The molecule has 11 heteroatoms. The van der Waals surface area contributed by atoms with Gasteiger partial charge in [0.1, 0.15) is 6.54 Å². The molecule has 172 valence electrons. The molecule has 2 bridgehead atoms. The molecule has 2 aromatic rings. The predicted octanol–water partition coefficient (Wildman–Crippen LogP) is 3.08. The smallest absolute Gasteiger partial charge is 0.323 e. The maximum Gasteiger partial charge on any atom is 0.323 e. The van der Waals surface area contributed by atoms with Gasteiger partial charge in [0.2, 0.25) is 11.8 Å². The molecule has 2 aliphatic heterocycles. The summed E-state index contributed by atoms with van der Waals surface area (Å²) in [7, 11) is 1.51. The Balaban J connectivity index is 1.46. The van der Waals surface area contributed by atoms with Crippen LogP contribution in [0.2, 0.25) is 0 Å². The van der Waals surface area contributed by atoms with E-state index in [1.807, 2.05) is 12.1 Å². The second kappa shape index (κ2) is 7.31. The van der Waals surface area contributed by atoms with Crippen LogP contribution < -0.4 is 4.74 Å². The van der Waals surface area contributed by atoms with E-state index in [-0.39, 0.29) is 46.5 Å². The molecule has 4 aliphatic rings. The summed E-state index contributed by atoms with van der Waals surface area (Å²) in [5.74, 6) is -2.36. The fourth-order valence-electron chi connectivity index (χ4n) is 6.63. The number of likely N-dealkylation sites (tertiary alicyclic amines) is 1. The number of carbonyl (C=O) groups excluding carboxylic acids is 2. The highest BCUT2D eigenvalue weighted by Crippen LogP contribution is 2.68. The summed E-state index contributed by atoms with van der Waals surface area (Å²) in [6, 6.07) is 5.33. The number of carbonyl (C=O) groups is 3. The van der Waals surface area contributed by atoms with Crippen LogP contribution in [0.5, 0.6) is 11.5 Å². The number of thiazole rings is 1. The molecule has 3 N–H and O–H groups in total. The van der Waals surface area contributed by atoms with Crippen molar-refractivity contribution in [3.8, 4) is 11.5 Å². The van der Waals surface area contributed by atoms with Gasteiger partial charge in [-0.1, -0.05) is 6.07 Å². The van der Waals surface area contributed by atoms with E-state index in [1.165, 1.54) is 18.4 Å². The van der Waals surface area contributed by atoms with Crippen LogP contribution in [0.3, 0.4) is 0 Å². The van der Waals surface area contributed by atoms with Gasteiger partial charge in [0.05, 0.1) is 24.0 Å². The highest BCUT2D eigenvalue weighted by molar-refractivity contribution is 8.00. The molecule has 2 aliphatic carbocycles. The van der Waals surface area contributed by atoms with Gasteiger partial charge in [-0.05, 0) is 54.1 Å². The van der Waals surface area contributed by atoms with Gasteiger partial charge in [-0.2, -0.15) is 0 Å². The van der Waals surface area contributed by atoms with Gasteiger partial charge in [0, 0.05) is 16.0 Å². The fourth-order valence-corrected chi connectivity index (χ4v) is 9.96. The molecule has 0 radical (unpaired) electrons. The first-order valence-electron chi connectivity index (χ1n) is 10.6. The van der Waals surface area contributed by atoms with Crippen LogP contribution in [0.4, 0.5) is 0 Å². The molecule has 2 saturated carbocycles. The lowest BCUT2D eigenvalue weighted by Gasteiger charge is -2.43. The van der Waals surface area contributed by atoms with E-state index in [4.69, 9.17) is 17.0 Å². The fraction of sp³-hybridized carbons (Fsp3) is 0.455. The number of methoxy groups -OCH3 is 1. The number of aromatic nitrogens is 1. The number of nitrogens with zero attached hydrogens (tertiary/aromatic N) is 1. The van der Waals surface area contributed by atoms with E-state index in [0.29, 0.717) is 9.70 Å². The van der Waals surface area contributed by atoms with Gasteiger partial charge in [0.15, 0.2) is 15.5 Å². The minimum absolute atomic E-state index is 0.00165. The zero-order chi connectivity index (χ0) is 23.2. The summed E-state index contributed by atoms with van der Waals surface area (Å²) >= 11 is 8.66. The number of aliphatic carboxylic acids is 1. The van der Waals surface area contributed by atoms with E-state index in [0.717, 1.165) is 26.8 Å². The number of hydrogen-bond acceptors (Lipinski definition) is 8. The summed E-state index contributed by atoms with van der Waals surface area (Å²) in [4.78, 5) is 42.9. The number of aromatic amines is 1. The first-order valence-corrected chi connectivity index (χ1v) is 12.7. The number of ether oxygens (including phenoxy) is 1. The van der Waals surface area contributed by atoms with Gasteiger partial charge < -0.3 is 19.9 Å². The molecule has 33 heavy (non-hydrogen) atoms. The van der Waals surface area contributed by atoms with Gasteiger partial charge >= 0.3 is 5.97 Å². The van der Waals surface area contributed by atoms with Crippen molar-refractivity contribution in [2.24, 2.45) is 29.6 Å². The number of amides is 2. The van der Waals surface area contributed by atoms with E-state index >= 15 is 0 Å². The summed E-state index contributed by atoms with van der Waals surface area (Å²) in [6.45, 7) is -0.578. The van der Waals surface area contributed by atoms with E-state index in [9.17, 15) is 24.6 Å². The lowest BCUT2D eigenvalue weighted by Crippen LogP contribution is -2.42. The zero-order valence-electron chi connectivity index (χ0n) is 17.4. The molecule has 7 atom stereocenters. The number of phenolic OH excluding ortho intramolecular Hbond substituents is 1. The Labute approximate surface area is 201 Å². The Kier molecular flexibility index (Phi) is 4.69. The number of benzene rings is 1. The first-order chi connectivity index (χ1) is 15.8. The molecule has 7 unspecified atom stereocenters. The van der Waals surface area contributed by atoms with Gasteiger partial charge in [-0.15, -0.1) is 23.1 Å². The van der Waals surface area contributed by atoms with Crippen LogP contribution in [0.15, 0.2) is 23.2 Å². The van der Waals surface area contributed by atoms with Gasteiger partial charge in [-0.25, -0.2) is 0 Å². The molecule has 1 aromatic carbocycles. The second-order valence-electron chi connectivity index (χ2n) is 9.05. The molecule has 8 nitrogen and oxygen atoms in total. The monoisotopic (exact) mass is 504 g/mol. The average Bonchev–Trinajstić information content (AvgIpc) is 3.49. The molecule has 3 fully saturated rings. The minimum atomic E-state index is -1.18. The van der Waals surface area contributed by atoms with Crippen LogP contribution in [0, 0.1) is 33.5 Å². The van der Waals surface area contributed by atoms with Crippen LogP contribution in [-0.2, 0) is 14.4 Å². The number of aromatic hydroxyl groups is 1. The number of nitrogens with one attached hydrogen (secondary N) is 1. The highest BCUT2D eigenvalue weighted by atomic mass is 32.2. The second-order valence-corrected chi connectivity index (χ2v) is 12.0. The Bertz CT molecular complexity index is 1270. The Morgan fingerprint density at radius 1 is 1.27 bits per heavy atom. The average molecular weight is 505 g/mol. The molecule has 6 rings (SSSR count). The molecular formula is C22H20N2O6S3. The van der Waals surface area contributed by atoms with Crippen molar-refractivity contribution in [3.05, 3.63) is 32.6 Å². The lowest BCUT2D eigenvalue weighted by molar-refractivity contribution is -0.149. The molecule has 2 amide bonds. The van der Waals surface area contributed by atoms with E-state index < -0.39 is 24.3 Å². The quantitative estimate of drug-likeness (QED) is 0.429. The third-order valence-electron chi connectivity index (χ3n) is 7.67. The van der Waals surface area contributed by atoms with Gasteiger partial charge in [-0.3, -0.25) is 19.3 Å². The Hall–Kier alpha value is -2.37. The summed E-state index contributed by atoms with van der Waals surface area (Å²) in [5.41, 5.74) is 0.967. The van der Waals surface area contributed by atoms with Crippen molar-refractivity contribution in [2.75, 3.05) is 13.7 Å². The SMILES string of the molecule is COc1cc(C2c3sc(=S)[nH]c3SC3C4CC(C5C(=O)N(CC(=O)O)C(=O)C45)C23)ccc1O. The Morgan fingerprint density at radius 2 is 2.00 bits per heavy atom. The first kappa shape index (κ1) is 21.2. The van der Waals surface area contributed by atoms with Crippen molar-refractivity contribution in [1.82, 2.24) is 9.88 Å². The number of thioether (sulfide) groups is 1. The van der Waals surface area contributed by atoms with Crippen LogP contribution >= 0.6 is 35.3 Å². The maximum atomic E-state index is 13.2. The highest BCUT2D eigenvalue weighted by Gasteiger charge is 2.69. The van der Waals surface area contributed by atoms with E-state index in [1.54, 1.807) is 17.8 Å². The summed E-state index contributed by atoms with van der Waals surface area (Å²) < 4.78 is 6.03. The number of fused-ring (bicyclic) bond motifs is 9. The van der Waals surface area contributed by atoms with Crippen molar-refractivity contribution < 1.29 is 29.3 Å². The molecule has 1 saturated heterocycles. The molecule has 1 aromatic heterocycles. The summed E-state index contributed by atoms with van der Waals surface area (Å²) in [5, 5.41) is 20.4. The standard InChI is InChI=1S/C22H20N2O6S3/c1-30-11-4-7(2-3-10(11)25)13-14-8-5-9(17(14)32-19-18(13)33-22(31)23-19)16-15(8)20(28)24(21(16)29)6-12(26)27/h2-4,8-9,13-17,25H,5-6H2,1H3,(H,23,31)(H,26,27). The van der Waals surface area contributed by atoms with Crippen LogP contribution in [-0.4, -0.2) is 56.8 Å². The zero-order valence-corrected chi connectivity index (χ0v) is 19.8. The van der Waals surface area contributed by atoms with E-state index in [2.05, 4.69) is 4.98 Å². The van der Waals surface area contributed by atoms with Crippen molar-refractivity contribution in [3.63, 3.8) is 0 Å². The van der Waals surface area contributed by atoms with Crippen molar-refractivity contribution in [2.45, 2.75) is 22.6 Å². The number of carboxylic acid groups (broad SMARTS) is 1. The molecule has 3 heterocycles. The minimum Gasteiger partial charge on any atom is -0.504 e. The largest absolute Gasteiger partial charge is 0.504 e. The Morgan fingerprint density at radius 3 is 2.70 bits per heavy atom. The number of H-pyrrole nitrogens is 1. The van der Waals surface area contributed by atoms with Crippen molar-refractivity contribution in [1.29, 1.82) is 0 Å². The number of rotatable bonds is 4. The van der Waals surface area contributed by atoms with Gasteiger partial charge in [0.25, 0.3) is 0 Å². The predicted molar refractivity (Wildman–Crippen MR) is 122 cm³/mol. The van der Waals surface area contributed by atoms with Crippen molar-refractivity contribution >= 4 is 53.1 Å². The normalized spacial score (nSPS) is 33.7. The third kappa shape index (κ3) is 2.88. The van der Waals surface area contributed by atoms with Crippen LogP contribution in [0.1, 0.15) is 22.8 Å². The summed E-state index contributed by atoms with van der Waals surface area (Å²) in [6.07, 6.45) is 0.775. The number of phenols is 1. The third-order valence-corrected chi connectivity index (χ3v) is 10.6. The van der Waals surface area contributed by atoms with Crippen LogP contribution in [0.25, 0.3) is 0 Å².